The molecule has 0 aromatic heterocycles. The van der Waals surface area contributed by atoms with Crippen molar-refractivity contribution >= 4 is 18.3 Å². The minimum absolute atomic E-state index is 0.272. The van der Waals surface area contributed by atoms with Crippen molar-refractivity contribution in [3.63, 3.8) is 0 Å². The first-order chi connectivity index (χ1) is 8.95. The highest BCUT2D eigenvalue weighted by Crippen LogP contribution is 2.22. The summed E-state index contributed by atoms with van der Waals surface area (Å²) in [5.74, 6) is 0.607. The third kappa shape index (κ3) is 2.86. The molecule has 3 saturated heterocycles. The average molecular weight is 268 g/mol. The van der Waals surface area contributed by atoms with Crippen LogP contribution in [0.25, 0.3) is 0 Å². The number of urea groups is 1. The Labute approximate surface area is 112 Å². The van der Waals surface area contributed by atoms with Gasteiger partial charge in [-0.15, -0.1) is 0 Å². The standard InChI is InChI=1S/C6H7N3O3.C6H13N/c10-3-9-1-6(2-9)4(11)7-5(12)8-6;1-6-3-4-7(2)5-6/h3H,1-2H2,(H2,7,8,11,12);6H,3-5H2,1-2H3. The number of imide groups is 1. The van der Waals surface area contributed by atoms with Crippen LogP contribution in [0.5, 0.6) is 0 Å². The molecule has 0 bridgehead atoms. The Kier molecular flexibility index (Phi) is 3.75. The van der Waals surface area contributed by atoms with Gasteiger partial charge in [0.05, 0.1) is 13.1 Å². The number of hydrogen-bond acceptors (Lipinski definition) is 4. The molecule has 2 N–H and O–H groups in total. The molecule has 3 rings (SSSR count). The second-order valence-electron chi connectivity index (χ2n) is 5.66. The zero-order chi connectivity index (χ0) is 14.0. The maximum atomic E-state index is 11.1. The summed E-state index contributed by atoms with van der Waals surface area (Å²) in [4.78, 5) is 35.8. The van der Waals surface area contributed by atoms with E-state index in [4.69, 9.17) is 0 Å². The predicted molar refractivity (Wildman–Crippen MR) is 68.3 cm³/mol. The van der Waals surface area contributed by atoms with Gasteiger partial charge < -0.3 is 15.1 Å². The molecule has 1 spiro atoms. The predicted octanol–water partition coefficient (Wildman–Crippen LogP) is -1.01. The first-order valence-corrected chi connectivity index (χ1v) is 6.47. The van der Waals surface area contributed by atoms with Crippen LogP contribution in [-0.2, 0) is 9.59 Å². The zero-order valence-corrected chi connectivity index (χ0v) is 11.3. The molecule has 0 aromatic rings. The van der Waals surface area contributed by atoms with E-state index in [1.165, 1.54) is 24.4 Å². The summed E-state index contributed by atoms with van der Waals surface area (Å²) in [6, 6.07) is -0.481. The van der Waals surface area contributed by atoms with Crippen LogP contribution >= 0.6 is 0 Å². The molecule has 0 aromatic carbocycles. The average Bonchev–Trinajstić information content (AvgIpc) is 2.80. The maximum Gasteiger partial charge on any atom is 0.322 e. The highest BCUT2D eigenvalue weighted by atomic mass is 16.2. The van der Waals surface area contributed by atoms with E-state index in [1.54, 1.807) is 0 Å². The highest BCUT2D eigenvalue weighted by molar-refractivity contribution is 6.08. The Bertz CT molecular complexity index is 384. The topological polar surface area (TPSA) is 81.8 Å². The molecule has 1 unspecified atom stereocenters. The number of carbonyl (C=O) groups is 3. The molecule has 0 saturated carbocycles. The SMILES string of the molecule is CC1CCN(C)C1.O=CN1CC2(C1)NC(=O)NC2=O. The summed E-state index contributed by atoms with van der Waals surface area (Å²) in [5.41, 5.74) is -0.835. The van der Waals surface area contributed by atoms with Gasteiger partial charge in [-0.1, -0.05) is 6.92 Å². The van der Waals surface area contributed by atoms with E-state index in [9.17, 15) is 14.4 Å². The quantitative estimate of drug-likeness (QED) is 0.472. The fourth-order valence-corrected chi connectivity index (χ4v) is 2.63. The van der Waals surface area contributed by atoms with Gasteiger partial charge in [-0.25, -0.2) is 4.79 Å². The highest BCUT2D eigenvalue weighted by Gasteiger charge is 2.54. The Morgan fingerprint density at radius 2 is 2.05 bits per heavy atom. The van der Waals surface area contributed by atoms with Gasteiger partial charge >= 0.3 is 6.03 Å². The van der Waals surface area contributed by atoms with E-state index in [0.29, 0.717) is 6.41 Å². The van der Waals surface area contributed by atoms with Gasteiger partial charge in [0, 0.05) is 6.54 Å². The number of rotatable bonds is 1. The third-order valence-electron chi connectivity index (χ3n) is 3.74. The van der Waals surface area contributed by atoms with Gasteiger partial charge in [0.1, 0.15) is 0 Å². The van der Waals surface area contributed by atoms with Crippen LogP contribution in [0.1, 0.15) is 13.3 Å². The summed E-state index contributed by atoms with van der Waals surface area (Å²) < 4.78 is 0. The molecule has 3 aliphatic rings. The summed E-state index contributed by atoms with van der Waals surface area (Å²) in [5, 5.41) is 4.60. The van der Waals surface area contributed by atoms with Gasteiger partial charge in [0.2, 0.25) is 6.41 Å². The number of nitrogens with one attached hydrogen (secondary N) is 2. The fraction of sp³-hybridized carbons (Fsp3) is 0.750. The van der Waals surface area contributed by atoms with Crippen LogP contribution in [0.15, 0.2) is 0 Å². The molecule has 0 radical (unpaired) electrons. The lowest BCUT2D eigenvalue weighted by molar-refractivity contribution is -0.136. The molecular formula is C12H20N4O3. The Morgan fingerprint density at radius 3 is 2.37 bits per heavy atom. The Balaban J connectivity index is 0.000000163. The Morgan fingerprint density at radius 1 is 1.37 bits per heavy atom. The lowest BCUT2D eigenvalue weighted by atomic mass is 9.91. The van der Waals surface area contributed by atoms with Crippen molar-refractivity contribution in [1.82, 2.24) is 20.4 Å². The molecule has 3 aliphatic heterocycles. The monoisotopic (exact) mass is 268 g/mol. The van der Waals surface area contributed by atoms with Gasteiger partial charge in [-0.3, -0.25) is 14.9 Å². The fourth-order valence-electron chi connectivity index (χ4n) is 2.63. The minimum Gasteiger partial charge on any atom is -0.339 e. The van der Waals surface area contributed by atoms with E-state index in [1.807, 2.05) is 0 Å². The smallest absolute Gasteiger partial charge is 0.322 e. The van der Waals surface area contributed by atoms with Crippen LogP contribution in [0, 0.1) is 5.92 Å². The first-order valence-electron chi connectivity index (χ1n) is 6.47. The zero-order valence-electron chi connectivity index (χ0n) is 11.3. The molecule has 4 amide bonds. The van der Waals surface area contributed by atoms with Crippen molar-refractivity contribution in [3.05, 3.63) is 0 Å². The van der Waals surface area contributed by atoms with Gasteiger partial charge in [0.15, 0.2) is 5.54 Å². The first kappa shape index (κ1) is 13.8. The summed E-state index contributed by atoms with van der Waals surface area (Å²) in [6.45, 7) is 5.47. The largest absolute Gasteiger partial charge is 0.339 e. The number of likely N-dealkylation sites (tertiary alicyclic amines) is 2. The van der Waals surface area contributed by atoms with E-state index in [-0.39, 0.29) is 19.0 Å². The second kappa shape index (κ2) is 5.16. The molecule has 3 heterocycles. The number of carbonyl (C=O) groups excluding carboxylic acids is 3. The number of hydrogen-bond donors (Lipinski definition) is 2. The van der Waals surface area contributed by atoms with Crippen LogP contribution in [-0.4, -0.2) is 66.9 Å². The van der Waals surface area contributed by atoms with Crippen molar-refractivity contribution < 1.29 is 14.4 Å². The Hall–Kier alpha value is -1.63. The van der Waals surface area contributed by atoms with E-state index in [2.05, 4.69) is 29.5 Å². The van der Waals surface area contributed by atoms with Crippen molar-refractivity contribution in [2.24, 2.45) is 5.92 Å². The molecule has 1 atom stereocenters. The van der Waals surface area contributed by atoms with Crippen LogP contribution in [0.2, 0.25) is 0 Å². The summed E-state index contributed by atoms with van der Waals surface area (Å²) >= 11 is 0. The number of nitrogens with zero attached hydrogens (tertiary/aromatic N) is 2. The van der Waals surface area contributed by atoms with Crippen molar-refractivity contribution in [2.45, 2.75) is 18.9 Å². The van der Waals surface area contributed by atoms with Crippen molar-refractivity contribution in [2.75, 3.05) is 33.2 Å². The van der Waals surface area contributed by atoms with Gasteiger partial charge in [0.25, 0.3) is 5.91 Å². The third-order valence-corrected chi connectivity index (χ3v) is 3.74. The van der Waals surface area contributed by atoms with Crippen LogP contribution < -0.4 is 10.6 Å². The summed E-state index contributed by atoms with van der Waals surface area (Å²) in [6.07, 6.45) is 2.06. The second-order valence-corrected chi connectivity index (χ2v) is 5.66. The maximum absolute atomic E-state index is 11.1. The van der Waals surface area contributed by atoms with E-state index in [0.717, 1.165) is 5.92 Å². The van der Waals surface area contributed by atoms with Gasteiger partial charge in [-0.05, 0) is 25.9 Å². The summed E-state index contributed by atoms with van der Waals surface area (Å²) in [7, 11) is 2.18. The molecule has 0 aliphatic carbocycles. The van der Waals surface area contributed by atoms with Crippen molar-refractivity contribution in [3.8, 4) is 0 Å². The van der Waals surface area contributed by atoms with Crippen LogP contribution in [0.4, 0.5) is 4.79 Å². The molecule has 3 fully saturated rings. The molecule has 7 heteroatoms. The van der Waals surface area contributed by atoms with E-state index < -0.39 is 11.6 Å². The lowest BCUT2D eigenvalue weighted by Crippen LogP contribution is -2.70. The molecule has 19 heavy (non-hydrogen) atoms. The number of amides is 4. The molecular weight excluding hydrogens is 248 g/mol. The van der Waals surface area contributed by atoms with Gasteiger partial charge in [-0.2, -0.15) is 0 Å². The minimum atomic E-state index is -0.835. The van der Waals surface area contributed by atoms with Crippen molar-refractivity contribution in [1.29, 1.82) is 0 Å². The molecule has 106 valence electrons. The molecule has 7 nitrogen and oxygen atoms in total. The van der Waals surface area contributed by atoms with E-state index >= 15 is 0 Å². The normalized spacial score (nSPS) is 28.3. The van der Waals surface area contributed by atoms with Crippen LogP contribution in [0.3, 0.4) is 0 Å². The lowest BCUT2D eigenvalue weighted by Gasteiger charge is -2.42.